The van der Waals surface area contributed by atoms with Crippen LogP contribution in [0, 0.1) is 0 Å². The lowest BCUT2D eigenvalue weighted by molar-refractivity contribution is 0.110. The van der Waals surface area contributed by atoms with Gasteiger partial charge in [0.15, 0.2) is 11.5 Å². The van der Waals surface area contributed by atoms with Crippen molar-refractivity contribution in [2.24, 2.45) is 5.73 Å². The predicted octanol–water partition coefficient (Wildman–Crippen LogP) is 1.06. The van der Waals surface area contributed by atoms with Gasteiger partial charge < -0.3 is 19.9 Å². The van der Waals surface area contributed by atoms with Crippen LogP contribution in [0.25, 0.3) is 0 Å². The van der Waals surface area contributed by atoms with Gasteiger partial charge in [-0.1, -0.05) is 6.07 Å². The molecule has 0 aliphatic carbocycles. The van der Waals surface area contributed by atoms with Gasteiger partial charge in [-0.15, -0.1) is 0 Å². The van der Waals surface area contributed by atoms with E-state index in [9.17, 15) is 0 Å². The summed E-state index contributed by atoms with van der Waals surface area (Å²) in [5, 5.41) is 0. The van der Waals surface area contributed by atoms with Crippen molar-refractivity contribution in [2.75, 3.05) is 20.4 Å². The Bertz CT molecular complexity index is 323. The van der Waals surface area contributed by atoms with Crippen molar-refractivity contribution >= 4 is 0 Å². The molecular formula is C10H13NO3. The Balaban J connectivity index is 2.27. The average molecular weight is 195 g/mol. The molecule has 0 radical (unpaired) electrons. The Morgan fingerprint density at radius 3 is 2.93 bits per heavy atom. The first-order valence-electron chi connectivity index (χ1n) is 4.47. The molecule has 0 amide bonds. The summed E-state index contributed by atoms with van der Waals surface area (Å²) in [7, 11) is 1.64. The summed E-state index contributed by atoms with van der Waals surface area (Å²) in [6.45, 7) is 0.745. The molecule has 0 saturated carbocycles. The number of ether oxygens (including phenoxy) is 3. The van der Waals surface area contributed by atoms with Crippen LogP contribution in [0.4, 0.5) is 0 Å². The zero-order valence-corrected chi connectivity index (χ0v) is 8.03. The molecule has 0 unspecified atom stereocenters. The number of benzene rings is 1. The van der Waals surface area contributed by atoms with Crippen molar-refractivity contribution < 1.29 is 14.2 Å². The largest absolute Gasteiger partial charge is 0.454 e. The molecular weight excluding hydrogens is 182 g/mol. The van der Waals surface area contributed by atoms with Crippen molar-refractivity contribution in [1.82, 2.24) is 0 Å². The minimum absolute atomic E-state index is 0.0792. The second kappa shape index (κ2) is 3.86. The maximum Gasteiger partial charge on any atom is 0.231 e. The van der Waals surface area contributed by atoms with Crippen LogP contribution in [0.15, 0.2) is 18.2 Å². The van der Waals surface area contributed by atoms with E-state index < -0.39 is 0 Å². The van der Waals surface area contributed by atoms with Gasteiger partial charge in [0.25, 0.3) is 0 Å². The lowest BCUT2D eigenvalue weighted by Gasteiger charge is -2.13. The maximum absolute atomic E-state index is 5.56. The van der Waals surface area contributed by atoms with Crippen LogP contribution >= 0.6 is 0 Å². The fourth-order valence-corrected chi connectivity index (χ4v) is 1.48. The lowest BCUT2D eigenvalue weighted by atomic mass is 10.1. The number of fused-ring (bicyclic) bond motifs is 1. The fourth-order valence-electron chi connectivity index (χ4n) is 1.48. The molecule has 2 rings (SSSR count). The third-order valence-corrected chi connectivity index (χ3v) is 2.27. The normalized spacial score (nSPS) is 15.6. The number of nitrogens with two attached hydrogens (primary N) is 1. The zero-order valence-electron chi connectivity index (χ0n) is 8.03. The number of methoxy groups -OCH3 is 1. The van der Waals surface area contributed by atoms with E-state index in [1.165, 1.54) is 0 Å². The summed E-state index contributed by atoms with van der Waals surface area (Å²) in [4.78, 5) is 0. The topological polar surface area (TPSA) is 53.7 Å². The maximum atomic E-state index is 5.56. The van der Waals surface area contributed by atoms with Gasteiger partial charge in [-0.2, -0.15) is 0 Å². The van der Waals surface area contributed by atoms with Crippen LogP contribution < -0.4 is 15.2 Å². The molecule has 1 aromatic rings. The predicted molar refractivity (Wildman–Crippen MR) is 51.4 cm³/mol. The molecule has 0 saturated heterocycles. The van der Waals surface area contributed by atoms with Crippen LogP contribution in [-0.4, -0.2) is 20.4 Å². The van der Waals surface area contributed by atoms with Crippen LogP contribution in [-0.2, 0) is 4.74 Å². The monoisotopic (exact) mass is 195 g/mol. The van der Waals surface area contributed by atoms with Crippen LogP contribution in [0.2, 0.25) is 0 Å². The molecule has 0 bridgehead atoms. The van der Waals surface area contributed by atoms with Crippen molar-refractivity contribution in [3.8, 4) is 11.5 Å². The molecule has 14 heavy (non-hydrogen) atoms. The van der Waals surface area contributed by atoms with E-state index in [4.69, 9.17) is 19.9 Å². The van der Waals surface area contributed by atoms with Crippen LogP contribution in [0.3, 0.4) is 0 Å². The first kappa shape index (κ1) is 9.30. The second-order valence-corrected chi connectivity index (χ2v) is 3.07. The van der Waals surface area contributed by atoms with Crippen molar-refractivity contribution in [1.29, 1.82) is 0 Å². The van der Waals surface area contributed by atoms with E-state index >= 15 is 0 Å². The Morgan fingerprint density at radius 2 is 2.21 bits per heavy atom. The summed E-state index contributed by atoms with van der Waals surface area (Å²) in [5.74, 6) is 1.54. The average Bonchev–Trinajstić information content (AvgIpc) is 2.66. The first-order valence-corrected chi connectivity index (χ1v) is 4.47. The summed E-state index contributed by atoms with van der Waals surface area (Å²) in [6, 6.07) is 5.72. The second-order valence-electron chi connectivity index (χ2n) is 3.07. The Hall–Kier alpha value is -1.26. The molecule has 2 N–H and O–H groups in total. The summed E-state index contributed by atoms with van der Waals surface area (Å²) < 4.78 is 15.7. The highest BCUT2D eigenvalue weighted by Gasteiger charge is 2.16. The molecule has 1 atom stereocenters. The van der Waals surface area contributed by atoms with Gasteiger partial charge in [0.1, 0.15) is 0 Å². The Kier molecular flexibility index (Phi) is 2.56. The van der Waals surface area contributed by atoms with E-state index in [1.807, 2.05) is 18.2 Å². The smallest absolute Gasteiger partial charge is 0.231 e. The standard InChI is InChI=1S/C10H13NO3/c1-12-10(5-11)7-2-3-8-9(4-7)14-6-13-8/h2-4,10H,5-6,11H2,1H3/t10-/m0/s1. The van der Waals surface area contributed by atoms with Gasteiger partial charge in [-0.25, -0.2) is 0 Å². The van der Waals surface area contributed by atoms with Gasteiger partial charge in [-0.3, -0.25) is 0 Å². The fraction of sp³-hybridized carbons (Fsp3) is 0.400. The summed E-state index contributed by atoms with van der Waals surface area (Å²) in [6.07, 6.45) is -0.0792. The van der Waals surface area contributed by atoms with Gasteiger partial charge in [0, 0.05) is 13.7 Å². The minimum atomic E-state index is -0.0792. The molecule has 1 aliphatic rings. The minimum Gasteiger partial charge on any atom is -0.454 e. The van der Waals surface area contributed by atoms with E-state index in [2.05, 4.69) is 0 Å². The van der Waals surface area contributed by atoms with Crippen LogP contribution in [0.5, 0.6) is 11.5 Å². The van der Waals surface area contributed by atoms with Gasteiger partial charge in [0.2, 0.25) is 6.79 Å². The van der Waals surface area contributed by atoms with E-state index in [-0.39, 0.29) is 6.10 Å². The highest BCUT2D eigenvalue weighted by Crippen LogP contribution is 2.34. The van der Waals surface area contributed by atoms with Crippen molar-refractivity contribution in [3.63, 3.8) is 0 Å². The SMILES string of the molecule is CO[C@@H](CN)c1ccc2c(c1)OCO2. The number of hydrogen-bond acceptors (Lipinski definition) is 4. The Morgan fingerprint density at radius 1 is 1.43 bits per heavy atom. The van der Waals surface area contributed by atoms with E-state index in [0.717, 1.165) is 17.1 Å². The highest BCUT2D eigenvalue weighted by molar-refractivity contribution is 5.45. The molecule has 0 spiro atoms. The first-order chi connectivity index (χ1) is 6.85. The third-order valence-electron chi connectivity index (χ3n) is 2.27. The lowest BCUT2D eigenvalue weighted by Crippen LogP contribution is -2.13. The molecule has 4 heteroatoms. The third kappa shape index (κ3) is 1.54. The molecule has 1 heterocycles. The summed E-state index contributed by atoms with van der Waals surface area (Å²) in [5.41, 5.74) is 6.58. The molecule has 1 aromatic carbocycles. The van der Waals surface area contributed by atoms with Gasteiger partial charge in [-0.05, 0) is 17.7 Å². The molecule has 0 fully saturated rings. The van der Waals surface area contributed by atoms with E-state index in [0.29, 0.717) is 13.3 Å². The molecule has 4 nitrogen and oxygen atoms in total. The molecule has 76 valence electrons. The number of rotatable bonds is 3. The molecule has 1 aliphatic heterocycles. The zero-order chi connectivity index (χ0) is 9.97. The Labute approximate surface area is 82.6 Å². The number of hydrogen-bond donors (Lipinski definition) is 1. The molecule has 0 aromatic heterocycles. The van der Waals surface area contributed by atoms with Crippen molar-refractivity contribution in [2.45, 2.75) is 6.10 Å². The van der Waals surface area contributed by atoms with E-state index in [1.54, 1.807) is 7.11 Å². The summed E-state index contributed by atoms with van der Waals surface area (Å²) >= 11 is 0. The van der Waals surface area contributed by atoms with Gasteiger partial charge in [0.05, 0.1) is 6.10 Å². The van der Waals surface area contributed by atoms with Gasteiger partial charge >= 0.3 is 0 Å². The quantitative estimate of drug-likeness (QED) is 0.783. The highest BCUT2D eigenvalue weighted by atomic mass is 16.7. The van der Waals surface area contributed by atoms with Crippen molar-refractivity contribution in [3.05, 3.63) is 23.8 Å². The van der Waals surface area contributed by atoms with Crippen LogP contribution in [0.1, 0.15) is 11.7 Å².